The summed E-state index contributed by atoms with van der Waals surface area (Å²) < 4.78 is 117. The molecule has 4 heterocycles. The number of fused-ring (bicyclic) bond motifs is 4. The first-order valence-electron chi connectivity index (χ1n) is 24.7. The predicted molar refractivity (Wildman–Crippen MR) is 234 cm³/mol. The first-order valence-corrected chi connectivity index (χ1v) is 18.7. The summed E-state index contributed by atoms with van der Waals surface area (Å²) in [7, 11) is 0. The minimum atomic E-state index is -1.65. The summed E-state index contributed by atoms with van der Waals surface area (Å²) in [4.78, 5) is 9.27. The summed E-state index contributed by atoms with van der Waals surface area (Å²) in [6, 6.07) is 25.4. The molecule has 0 aliphatic heterocycles. The Kier molecular flexibility index (Phi) is 6.01. The third-order valence-corrected chi connectivity index (χ3v) is 9.69. The van der Waals surface area contributed by atoms with E-state index in [4.69, 9.17) is 26.2 Å². The van der Waals surface area contributed by atoms with Crippen molar-refractivity contribution in [3.63, 3.8) is 0 Å². The van der Waals surface area contributed by atoms with Crippen LogP contribution in [0.3, 0.4) is 0 Å². The highest BCUT2D eigenvalue weighted by atomic mass is 16.5. The Morgan fingerprint density at radius 3 is 2.12 bits per heavy atom. The number of pyridine rings is 2. The summed E-state index contributed by atoms with van der Waals surface area (Å²) in [5.41, 5.74) is 3.15. The maximum Gasteiger partial charge on any atom is 0.269 e. The van der Waals surface area contributed by atoms with Gasteiger partial charge in [0.15, 0.2) is 0 Å². The first kappa shape index (κ1) is 24.4. The first-order chi connectivity index (χ1) is 33.3. The summed E-state index contributed by atoms with van der Waals surface area (Å²) in [5, 5.41) is 1.91. The number of hydrogen-bond donors (Lipinski definition) is 0. The average Bonchev–Trinajstić information content (AvgIpc) is 3.90. The van der Waals surface area contributed by atoms with Crippen molar-refractivity contribution in [1.29, 1.82) is 0 Å². The van der Waals surface area contributed by atoms with Crippen LogP contribution in [0.15, 0.2) is 182 Å². The van der Waals surface area contributed by atoms with Crippen molar-refractivity contribution in [2.24, 2.45) is 5.41 Å². The Hall–Kier alpha value is -7.31. The maximum atomic E-state index is 8.99. The van der Waals surface area contributed by atoms with Crippen molar-refractivity contribution in [2.75, 3.05) is 0 Å². The van der Waals surface area contributed by atoms with Gasteiger partial charge >= 0.3 is 0 Å². The number of imidazole rings is 1. The van der Waals surface area contributed by atoms with Gasteiger partial charge in [0.2, 0.25) is 0 Å². The average molecular weight is 764 g/mol. The van der Waals surface area contributed by atoms with Gasteiger partial charge in [0, 0.05) is 32.0 Å². The van der Waals surface area contributed by atoms with Crippen LogP contribution in [-0.4, -0.2) is 19.1 Å². The second-order valence-electron chi connectivity index (χ2n) is 14.8. The van der Waals surface area contributed by atoms with Gasteiger partial charge in [-0.1, -0.05) is 142 Å². The lowest BCUT2D eigenvalue weighted by Crippen LogP contribution is -2.31. The topological polar surface area (TPSA) is 48.8 Å². The number of aromatic nitrogens is 5. The van der Waals surface area contributed by atoms with Crippen LogP contribution in [0, 0.1) is 11.7 Å². The quantitative estimate of drug-likeness (QED) is 0.114. The number of nitrogens with zero attached hydrogens (tertiary/aromatic N) is 5. The molecule has 0 N–H and O–H groups in total. The van der Waals surface area contributed by atoms with Gasteiger partial charge in [0.05, 0.1) is 53.3 Å². The van der Waals surface area contributed by atoms with Crippen LogP contribution >= 0.6 is 0 Å². The second kappa shape index (κ2) is 14.3. The van der Waals surface area contributed by atoms with Crippen LogP contribution in [0.4, 0.5) is 0 Å². The minimum Gasteiger partial charge on any atom is -0.456 e. The Morgan fingerprint density at radius 2 is 1.38 bits per heavy atom. The highest BCUT2D eigenvalue weighted by Gasteiger charge is 2.21. The van der Waals surface area contributed by atoms with E-state index in [1.807, 2.05) is 79.9 Å². The Labute approximate surface area is 354 Å². The van der Waals surface area contributed by atoms with Crippen molar-refractivity contribution in [2.45, 2.75) is 27.1 Å². The maximum absolute atomic E-state index is 8.99. The molecule has 10 rings (SSSR count). The van der Waals surface area contributed by atoms with E-state index in [-0.39, 0.29) is 27.9 Å². The second-order valence-corrected chi connectivity index (χ2v) is 14.8. The molecule has 0 saturated heterocycles. The normalized spacial score (nSPS) is 14.9. The van der Waals surface area contributed by atoms with Gasteiger partial charge in [-0.2, -0.15) is 0 Å². The van der Waals surface area contributed by atoms with Gasteiger partial charge in [-0.05, 0) is 76.0 Å². The molecule has 6 nitrogen and oxygen atoms in total. The van der Waals surface area contributed by atoms with Crippen molar-refractivity contribution >= 4 is 32.8 Å². The number of benzene rings is 6. The number of hydrogen-bond acceptors (Lipinski definition) is 3. The van der Waals surface area contributed by atoms with Crippen LogP contribution in [0.25, 0.3) is 72.3 Å². The monoisotopic (exact) mass is 763 g/mol. The van der Waals surface area contributed by atoms with Crippen LogP contribution in [0.1, 0.15) is 42.8 Å². The van der Waals surface area contributed by atoms with E-state index in [0.717, 1.165) is 21.8 Å². The molecule has 58 heavy (non-hydrogen) atoms. The SMILES string of the molecule is [2H]c1c([2H])c([2H])c(-c2cccc(-c3c([2H])c([2H])c([2H])c([2H])c3[2H])c2-[n+]2[c-]n(-c3cncc(Oc4ccc5c6ccccc6n(-c6cc(C([2H])([2H])C(C)(C)C)ccn6)c5c4)c3)c3ccccc32)c([2H])c1[2H]. The van der Waals surface area contributed by atoms with E-state index in [2.05, 4.69) is 11.3 Å². The molecule has 10 aromatic rings. The lowest BCUT2D eigenvalue weighted by Gasteiger charge is -2.18. The van der Waals surface area contributed by atoms with E-state index in [1.165, 1.54) is 0 Å². The number of ether oxygens (including phenoxy) is 1. The molecule has 0 unspecified atom stereocenters. The molecule has 0 aliphatic rings. The summed E-state index contributed by atoms with van der Waals surface area (Å²) in [5.74, 6) is 1.38. The molecule has 0 radical (unpaired) electrons. The van der Waals surface area contributed by atoms with Crippen LogP contribution in [0.2, 0.25) is 0 Å². The Morgan fingerprint density at radius 1 is 0.690 bits per heavy atom. The van der Waals surface area contributed by atoms with Crippen LogP contribution in [-0.2, 0) is 6.37 Å². The molecule has 0 aliphatic carbocycles. The fourth-order valence-electron chi connectivity index (χ4n) is 7.41. The number of para-hydroxylation sites is 4. The minimum absolute atomic E-state index is 0.128. The van der Waals surface area contributed by atoms with E-state index < -0.39 is 72.2 Å². The fourth-order valence-corrected chi connectivity index (χ4v) is 7.41. The largest absolute Gasteiger partial charge is 0.456 e. The van der Waals surface area contributed by atoms with E-state index in [0.29, 0.717) is 39.6 Å². The molecule has 0 saturated carbocycles. The molecule has 0 spiro atoms. The summed E-state index contributed by atoms with van der Waals surface area (Å²) in [6.45, 7) is 5.60. The lowest BCUT2D eigenvalue weighted by molar-refractivity contribution is -0.571. The van der Waals surface area contributed by atoms with Gasteiger partial charge < -0.3 is 4.74 Å². The third kappa shape index (κ3) is 6.48. The predicted octanol–water partition coefficient (Wildman–Crippen LogP) is 12.3. The third-order valence-electron chi connectivity index (χ3n) is 9.69. The lowest BCUT2D eigenvalue weighted by atomic mass is 9.88. The zero-order valence-electron chi connectivity index (χ0n) is 43.7. The van der Waals surface area contributed by atoms with E-state index in [1.54, 1.807) is 76.3 Å². The molecule has 0 atom stereocenters. The van der Waals surface area contributed by atoms with Crippen molar-refractivity contribution in [3.8, 4) is 50.9 Å². The van der Waals surface area contributed by atoms with Crippen LogP contribution in [0.5, 0.6) is 11.5 Å². The highest BCUT2D eigenvalue weighted by molar-refractivity contribution is 6.09. The molecule has 280 valence electrons. The van der Waals surface area contributed by atoms with Gasteiger partial charge in [-0.15, -0.1) is 0 Å². The molecule has 6 aromatic carbocycles. The van der Waals surface area contributed by atoms with Crippen molar-refractivity contribution in [1.82, 2.24) is 19.1 Å². The smallest absolute Gasteiger partial charge is 0.269 e. The zero-order valence-corrected chi connectivity index (χ0v) is 31.7. The molecule has 6 heteroatoms. The Bertz CT molecular complexity index is 3660. The summed E-state index contributed by atoms with van der Waals surface area (Å²) >= 11 is 0. The van der Waals surface area contributed by atoms with Crippen LogP contribution < -0.4 is 9.30 Å². The molecule has 0 bridgehead atoms. The van der Waals surface area contributed by atoms with E-state index >= 15 is 0 Å². The molecule has 0 amide bonds. The highest BCUT2D eigenvalue weighted by Crippen LogP contribution is 2.37. The summed E-state index contributed by atoms with van der Waals surface area (Å²) in [6.07, 6.45) is 6.52. The van der Waals surface area contributed by atoms with Gasteiger partial charge in [0.1, 0.15) is 17.3 Å². The fraction of sp³-hybridized carbons (Fsp3) is 0.0962. The van der Waals surface area contributed by atoms with Gasteiger partial charge in [0.25, 0.3) is 6.33 Å². The van der Waals surface area contributed by atoms with Gasteiger partial charge in [-0.3, -0.25) is 18.7 Å². The zero-order chi connectivity index (χ0) is 49.7. The molecule has 0 fully saturated rings. The molecular weight excluding hydrogens is 711 g/mol. The standard InChI is InChI=1S/C52H41N5O/c1-52(2,3)32-36-27-28-54-50(29-36)57-46-22-11-10-19-44(46)45-26-25-40(31-49(45)57)58-41-30-39(33-53-34-41)55-35-56(48-24-13-12-23-47(48)55)51-42(37-15-6-4-7-16-37)20-14-21-43(51)38-17-8-5-9-18-38/h4-31,33-34H,32H2,1-3H3/i4D,5D,6D,7D,8D,9D,15D,16D,17D,18D,32D2. The van der Waals surface area contributed by atoms with Crippen molar-refractivity contribution in [3.05, 3.63) is 194 Å². The number of rotatable bonds is 8. The molecular formula is C52H41N5O. The Balaban J connectivity index is 1.13. The van der Waals surface area contributed by atoms with Crippen molar-refractivity contribution < 1.29 is 25.8 Å². The molecule has 4 aromatic heterocycles. The van der Waals surface area contributed by atoms with E-state index in [9.17, 15) is 0 Å². The van der Waals surface area contributed by atoms with Gasteiger partial charge in [-0.25, -0.2) is 4.98 Å².